The predicted octanol–water partition coefficient (Wildman–Crippen LogP) is 1.31. The molecule has 1 saturated heterocycles. The van der Waals surface area contributed by atoms with Crippen molar-refractivity contribution in [1.82, 2.24) is 20.2 Å². The zero-order valence-corrected chi connectivity index (χ0v) is 12.4. The number of imidazole rings is 1. The van der Waals surface area contributed by atoms with E-state index >= 15 is 0 Å². The van der Waals surface area contributed by atoms with Crippen molar-refractivity contribution in [3.8, 4) is 0 Å². The molecule has 0 bridgehead atoms. The lowest BCUT2D eigenvalue weighted by molar-refractivity contribution is 0.104. The largest absolute Gasteiger partial charge is 0.378 e. The van der Waals surface area contributed by atoms with E-state index in [0.29, 0.717) is 18.6 Å². The first-order valence-electron chi connectivity index (χ1n) is 7.94. The van der Waals surface area contributed by atoms with Crippen molar-refractivity contribution >= 4 is 6.03 Å². The van der Waals surface area contributed by atoms with Crippen molar-refractivity contribution < 1.29 is 9.53 Å². The minimum atomic E-state index is -0.0653. The number of carbonyl (C=O) groups excluding carboxylic acids is 1. The van der Waals surface area contributed by atoms with Gasteiger partial charge in [0.1, 0.15) is 5.82 Å². The highest BCUT2D eigenvalue weighted by Gasteiger charge is 2.19. The molecule has 1 aromatic rings. The van der Waals surface area contributed by atoms with E-state index in [9.17, 15) is 4.79 Å². The van der Waals surface area contributed by atoms with Crippen LogP contribution >= 0.6 is 0 Å². The fourth-order valence-corrected chi connectivity index (χ4v) is 3.12. The number of aromatic nitrogens is 2. The number of hydrogen-bond donors (Lipinski definition) is 2. The highest BCUT2D eigenvalue weighted by Crippen LogP contribution is 2.18. The average Bonchev–Trinajstić information content (AvgIpc) is 3.15. The maximum Gasteiger partial charge on any atom is 0.314 e. The molecule has 0 aromatic carbocycles. The van der Waals surface area contributed by atoms with Crippen LogP contribution in [0, 0.1) is 5.92 Å². The SMILES string of the molecule is O=C(NCC[C@H]1CCCO1)NC[C@H]1CCc2nccn2C1. The van der Waals surface area contributed by atoms with Gasteiger partial charge in [0.25, 0.3) is 0 Å². The quantitative estimate of drug-likeness (QED) is 0.860. The Labute approximate surface area is 125 Å². The second kappa shape index (κ2) is 6.93. The van der Waals surface area contributed by atoms with E-state index in [2.05, 4.69) is 20.2 Å². The molecule has 0 saturated carbocycles. The summed E-state index contributed by atoms with van der Waals surface area (Å²) in [6, 6.07) is -0.0653. The fraction of sp³-hybridized carbons (Fsp3) is 0.733. The van der Waals surface area contributed by atoms with Crippen molar-refractivity contribution in [2.75, 3.05) is 19.7 Å². The molecule has 2 atom stereocenters. The summed E-state index contributed by atoms with van der Waals surface area (Å²) in [5, 5.41) is 5.89. The molecule has 0 unspecified atom stereocenters. The van der Waals surface area contributed by atoms with E-state index in [0.717, 1.165) is 57.6 Å². The third kappa shape index (κ3) is 3.97. The van der Waals surface area contributed by atoms with Crippen LogP contribution in [-0.2, 0) is 17.7 Å². The van der Waals surface area contributed by atoms with Crippen LogP contribution in [0.1, 0.15) is 31.5 Å². The van der Waals surface area contributed by atoms with E-state index in [4.69, 9.17) is 4.74 Å². The van der Waals surface area contributed by atoms with Crippen LogP contribution in [0.25, 0.3) is 0 Å². The van der Waals surface area contributed by atoms with Gasteiger partial charge < -0.3 is 19.9 Å². The summed E-state index contributed by atoms with van der Waals surface area (Å²) >= 11 is 0. The van der Waals surface area contributed by atoms with E-state index < -0.39 is 0 Å². The van der Waals surface area contributed by atoms with Gasteiger partial charge in [-0.15, -0.1) is 0 Å². The van der Waals surface area contributed by atoms with Crippen LogP contribution in [0.5, 0.6) is 0 Å². The molecule has 116 valence electrons. The Balaban J connectivity index is 1.31. The van der Waals surface area contributed by atoms with Crippen LogP contribution in [0.4, 0.5) is 4.79 Å². The van der Waals surface area contributed by atoms with Gasteiger partial charge in [-0.1, -0.05) is 0 Å². The predicted molar refractivity (Wildman–Crippen MR) is 79.0 cm³/mol. The van der Waals surface area contributed by atoms with Crippen LogP contribution in [0.2, 0.25) is 0 Å². The first kappa shape index (κ1) is 14.4. The van der Waals surface area contributed by atoms with Gasteiger partial charge in [0.2, 0.25) is 0 Å². The Hall–Kier alpha value is -1.56. The second-order valence-corrected chi connectivity index (χ2v) is 5.96. The normalized spacial score (nSPS) is 24.6. The summed E-state index contributed by atoms with van der Waals surface area (Å²) in [4.78, 5) is 16.1. The molecule has 3 heterocycles. The van der Waals surface area contributed by atoms with Gasteiger partial charge in [-0.2, -0.15) is 0 Å². The number of amides is 2. The lowest BCUT2D eigenvalue weighted by atomic mass is 9.99. The molecule has 2 aliphatic rings. The molecule has 2 N–H and O–H groups in total. The molecule has 0 spiro atoms. The molecule has 1 fully saturated rings. The van der Waals surface area contributed by atoms with Gasteiger partial charge in [0.05, 0.1) is 6.10 Å². The van der Waals surface area contributed by atoms with Gasteiger partial charge in [0.15, 0.2) is 0 Å². The average molecular weight is 292 g/mol. The van der Waals surface area contributed by atoms with Gasteiger partial charge in [-0.3, -0.25) is 0 Å². The van der Waals surface area contributed by atoms with Crippen molar-refractivity contribution in [1.29, 1.82) is 0 Å². The number of urea groups is 1. The van der Waals surface area contributed by atoms with Crippen molar-refractivity contribution in [3.63, 3.8) is 0 Å². The lowest BCUT2D eigenvalue weighted by Gasteiger charge is -2.24. The highest BCUT2D eigenvalue weighted by atomic mass is 16.5. The number of fused-ring (bicyclic) bond motifs is 1. The van der Waals surface area contributed by atoms with Crippen LogP contribution < -0.4 is 10.6 Å². The molecular formula is C15H24N4O2. The third-order valence-electron chi connectivity index (χ3n) is 4.36. The summed E-state index contributed by atoms with van der Waals surface area (Å²) in [6.45, 7) is 3.23. The molecule has 6 nitrogen and oxygen atoms in total. The van der Waals surface area contributed by atoms with E-state index in [1.54, 1.807) is 0 Å². The third-order valence-corrected chi connectivity index (χ3v) is 4.36. The zero-order valence-electron chi connectivity index (χ0n) is 12.4. The van der Waals surface area contributed by atoms with E-state index in [-0.39, 0.29) is 6.03 Å². The van der Waals surface area contributed by atoms with E-state index in [1.165, 1.54) is 0 Å². The number of ether oxygens (including phenoxy) is 1. The van der Waals surface area contributed by atoms with Crippen molar-refractivity contribution in [2.24, 2.45) is 5.92 Å². The second-order valence-electron chi connectivity index (χ2n) is 5.96. The maximum absolute atomic E-state index is 11.8. The molecule has 2 amide bonds. The number of nitrogens with one attached hydrogen (secondary N) is 2. The summed E-state index contributed by atoms with van der Waals surface area (Å²) in [5.74, 6) is 1.66. The molecule has 0 radical (unpaired) electrons. The number of hydrogen-bond acceptors (Lipinski definition) is 3. The Bertz CT molecular complexity index is 468. The van der Waals surface area contributed by atoms with E-state index in [1.807, 2.05) is 12.4 Å². The zero-order chi connectivity index (χ0) is 14.5. The van der Waals surface area contributed by atoms with Gasteiger partial charge in [-0.25, -0.2) is 9.78 Å². The molecule has 0 aliphatic carbocycles. The first-order chi connectivity index (χ1) is 10.3. The summed E-state index contributed by atoms with van der Waals surface area (Å²) in [6.07, 6.45) is 9.48. The Morgan fingerprint density at radius 3 is 3.24 bits per heavy atom. The molecule has 6 heteroatoms. The van der Waals surface area contributed by atoms with Gasteiger partial charge in [-0.05, 0) is 31.6 Å². The summed E-state index contributed by atoms with van der Waals surface area (Å²) < 4.78 is 7.72. The monoisotopic (exact) mass is 292 g/mol. The number of nitrogens with zero attached hydrogens (tertiary/aromatic N) is 2. The highest BCUT2D eigenvalue weighted by molar-refractivity contribution is 5.73. The fourth-order valence-electron chi connectivity index (χ4n) is 3.12. The summed E-state index contributed by atoms with van der Waals surface area (Å²) in [7, 11) is 0. The Morgan fingerprint density at radius 1 is 1.43 bits per heavy atom. The number of carbonyl (C=O) groups is 1. The molecule has 21 heavy (non-hydrogen) atoms. The Morgan fingerprint density at radius 2 is 2.38 bits per heavy atom. The van der Waals surface area contributed by atoms with Crippen molar-refractivity contribution in [3.05, 3.63) is 18.2 Å². The molecule has 3 rings (SSSR count). The molecule has 1 aromatic heterocycles. The maximum atomic E-state index is 11.8. The van der Waals surface area contributed by atoms with Crippen LogP contribution in [-0.4, -0.2) is 41.4 Å². The lowest BCUT2D eigenvalue weighted by Crippen LogP contribution is -2.40. The standard InChI is InChI=1S/C15H24N4O2/c20-15(17-6-5-13-2-1-9-21-13)18-10-12-3-4-14-16-7-8-19(14)11-12/h7-8,12-13H,1-6,9-11H2,(H2,17,18,20)/t12-,13-/m1/s1. The summed E-state index contributed by atoms with van der Waals surface area (Å²) in [5.41, 5.74) is 0. The smallest absolute Gasteiger partial charge is 0.314 e. The van der Waals surface area contributed by atoms with Crippen LogP contribution in [0.15, 0.2) is 12.4 Å². The molecule has 2 aliphatic heterocycles. The van der Waals surface area contributed by atoms with Crippen LogP contribution in [0.3, 0.4) is 0 Å². The van der Waals surface area contributed by atoms with Crippen molar-refractivity contribution in [2.45, 2.75) is 44.8 Å². The minimum absolute atomic E-state index is 0.0653. The van der Waals surface area contributed by atoms with Gasteiger partial charge >= 0.3 is 6.03 Å². The van der Waals surface area contributed by atoms with Gasteiger partial charge in [0, 0.05) is 45.1 Å². The number of rotatable bonds is 5. The topological polar surface area (TPSA) is 68.2 Å². The number of aryl methyl sites for hydroxylation is 1. The molecular weight excluding hydrogens is 268 g/mol. The first-order valence-corrected chi connectivity index (χ1v) is 7.94. The minimum Gasteiger partial charge on any atom is -0.378 e. The Kier molecular flexibility index (Phi) is 4.75.